The van der Waals surface area contributed by atoms with E-state index in [0.717, 1.165) is 5.56 Å². The van der Waals surface area contributed by atoms with Crippen molar-refractivity contribution in [3.05, 3.63) is 75.7 Å². The zero-order valence-corrected chi connectivity index (χ0v) is 20.3. The Morgan fingerprint density at radius 2 is 1.75 bits per heavy atom. The predicted molar refractivity (Wildman–Crippen MR) is 126 cm³/mol. The molecular formula is C23H23ClF2N6O4. The number of aromatic nitrogens is 3. The molecule has 0 unspecified atom stereocenters. The molecule has 190 valence electrons. The highest BCUT2D eigenvalue weighted by Gasteiger charge is 2.18. The van der Waals surface area contributed by atoms with Crippen LogP contribution in [0.15, 0.2) is 36.5 Å². The van der Waals surface area contributed by atoms with E-state index in [1.165, 1.54) is 6.07 Å². The summed E-state index contributed by atoms with van der Waals surface area (Å²) < 4.78 is 31.8. The fraction of sp³-hybridized carbons (Fsp3) is 0.261. The van der Waals surface area contributed by atoms with E-state index in [1.54, 1.807) is 39.1 Å². The molecule has 2 heterocycles. The maximum Gasteiger partial charge on any atom is 0.407 e. The zero-order valence-electron chi connectivity index (χ0n) is 19.5. The fourth-order valence-corrected chi connectivity index (χ4v) is 3.11. The standard InChI is InChI=1S/C23H23ClF2N6O4/c1-23(2,3)36-22(35)29-10-12-4-5-27-13(6-12)11-28-21(34)18-9-19(32-31-18)30-20(33)14-7-16(25)17(26)8-15(14)24/h4-9H,10-11H2,1-3H3,(H,28,34)(H,29,35)(H2,30,31,32,33). The van der Waals surface area contributed by atoms with Gasteiger partial charge in [-0.3, -0.25) is 19.7 Å². The number of anilines is 1. The Hall–Kier alpha value is -4.06. The van der Waals surface area contributed by atoms with Crippen LogP contribution < -0.4 is 16.0 Å². The molecule has 3 amide bonds. The topological polar surface area (TPSA) is 138 Å². The first-order valence-electron chi connectivity index (χ1n) is 10.6. The van der Waals surface area contributed by atoms with Crippen LogP contribution in [0, 0.1) is 11.6 Å². The third kappa shape index (κ3) is 7.47. The van der Waals surface area contributed by atoms with Crippen molar-refractivity contribution >= 4 is 35.3 Å². The molecule has 10 nitrogen and oxygen atoms in total. The minimum absolute atomic E-state index is 0.0376. The molecular weight excluding hydrogens is 498 g/mol. The minimum Gasteiger partial charge on any atom is -0.444 e. The molecule has 0 saturated carbocycles. The number of rotatable bonds is 7. The second kappa shape index (κ2) is 11.1. The second-order valence-electron chi connectivity index (χ2n) is 8.56. The summed E-state index contributed by atoms with van der Waals surface area (Å²) in [6.07, 6.45) is 0.988. The quantitative estimate of drug-likeness (QED) is 0.348. The molecule has 1 aromatic carbocycles. The van der Waals surface area contributed by atoms with Crippen molar-refractivity contribution < 1.29 is 27.9 Å². The SMILES string of the molecule is CC(C)(C)OC(=O)NCc1ccnc(CNC(=O)c2cc(NC(=O)c3cc(F)c(F)cc3Cl)[nH]n2)c1. The molecule has 0 aliphatic heterocycles. The molecule has 0 atom stereocenters. The van der Waals surface area contributed by atoms with Crippen LogP contribution in [0.1, 0.15) is 52.9 Å². The number of alkyl carbamates (subject to hydrolysis) is 1. The lowest BCUT2D eigenvalue weighted by atomic mass is 10.2. The summed E-state index contributed by atoms with van der Waals surface area (Å²) in [5, 5.41) is 13.7. The molecule has 0 spiro atoms. The Morgan fingerprint density at radius 3 is 2.47 bits per heavy atom. The van der Waals surface area contributed by atoms with Gasteiger partial charge in [-0.25, -0.2) is 13.6 Å². The third-order valence-corrected chi connectivity index (χ3v) is 4.77. The van der Waals surface area contributed by atoms with Crippen LogP contribution in [0.25, 0.3) is 0 Å². The van der Waals surface area contributed by atoms with Crippen molar-refractivity contribution in [3.63, 3.8) is 0 Å². The number of H-pyrrole nitrogens is 1. The molecule has 0 fully saturated rings. The molecule has 2 aromatic heterocycles. The zero-order chi connectivity index (χ0) is 26.5. The molecule has 3 aromatic rings. The maximum absolute atomic E-state index is 13.4. The molecule has 0 bridgehead atoms. The number of pyridine rings is 1. The van der Waals surface area contributed by atoms with E-state index in [2.05, 4.69) is 31.1 Å². The number of nitrogens with one attached hydrogen (secondary N) is 4. The minimum atomic E-state index is -1.23. The number of aromatic amines is 1. The Bertz CT molecular complexity index is 1290. The van der Waals surface area contributed by atoms with Crippen LogP contribution in [0.2, 0.25) is 5.02 Å². The van der Waals surface area contributed by atoms with Crippen molar-refractivity contribution in [3.8, 4) is 0 Å². The second-order valence-corrected chi connectivity index (χ2v) is 8.97. The average Bonchev–Trinajstić information content (AvgIpc) is 3.26. The summed E-state index contributed by atoms with van der Waals surface area (Å²) in [5.41, 5.74) is 0.343. The largest absolute Gasteiger partial charge is 0.444 e. The number of ether oxygens (including phenoxy) is 1. The van der Waals surface area contributed by atoms with E-state index in [9.17, 15) is 23.2 Å². The molecule has 0 aliphatic carbocycles. The average molecular weight is 521 g/mol. The Kier molecular flexibility index (Phi) is 8.20. The number of nitrogens with zero attached hydrogens (tertiary/aromatic N) is 2. The van der Waals surface area contributed by atoms with E-state index in [0.29, 0.717) is 17.8 Å². The Balaban J connectivity index is 1.54. The smallest absolute Gasteiger partial charge is 0.407 e. The predicted octanol–water partition coefficient (Wildman–Crippen LogP) is 3.94. The summed E-state index contributed by atoms with van der Waals surface area (Å²) in [7, 11) is 0. The first kappa shape index (κ1) is 26.5. The van der Waals surface area contributed by atoms with Gasteiger partial charge in [0, 0.05) is 18.8 Å². The van der Waals surface area contributed by atoms with Gasteiger partial charge in [0.25, 0.3) is 11.8 Å². The maximum atomic E-state index is 13.4. The summed E-state index contributed by atoms with van der Waals surface area (Å²) in [4.78, 5) is 40.7. The highest BCUT2D eigenvalue weighted by Crippen LogP contribution is 2.21. The van der Waals surface area contributed by atoms with Crippen LogP contribution in [0.5, 0.6) is 0 Å². The number of carbonyl (C=O) groups is 3. The van der Waals surface area contributed by atoms with Crippen LogP contribution >= 0.6 is 11.6 Å². The van der Waals surface area contributed by atoms with E-state index in [-0.39, 0.29) is 35.2 Å². The molecule has 0 saturated heterocycles. The number of hydrogen-bond acceptors (Lipinski definition) is 6. The first-order chi connectivity index (χ1) is 16.9. The van der Waals surface area contributed by atoms with Crippen molar-refractivity contribution in [2.24, 2.45) is 0 Å². The lowest BCUT2D eigenvalue weighted by molar-refractivity contribution is 0.0523. The van der Waals surface area contributed by atoms with Gasteiger partial charge in [-0.1, -0.05) is 11.6 Å². The van der Waals surface area contributed by atoms with Gasteiger partial charge < -0.3 is 20.7 Å². The van der Waals surface area contributed by atoms with Crippen molar-refractivity contribution in [1.29, 1.82) is 0 Å². The molecule has 0 radical (unpaired) electrons. The van der Waals surface area contributed by atoms with Gasteiger partial charge >= 0.3 is 6.09 Å². The molecule has 13 heteroatoms. The van der Waals surface area contributed by atoms with Crippen LogP contribution in [-0.2, 0) is 17.8 Å². The highest BCUT2D eigenvalue weighted by atomic mass is 35.5. The molecule has 4 N–H and O–H groups in total. The summed E-state index contributed by atoms with van der Waals surface area (Å²) in [5.74, 6) is -3.75. The van der Waals surface area contributed by atoms with Gasteiger partial charge in [-0.15, -0.1) is 0 Å². The van der Waals surface area contributed by atoms with Crippen LogP contribution in [0.4, 0.5) is 19.4 Å². The number of halogens is 3. The summed E-state index contributed by atoms with van der Waals surface area (Å²) in [6.45, 7) is 5.57. The van der Waals surface area contributed by atoms with Crippen LogP contribution in [0.3, 0.4) is 0 Å². The van der Waals surface area contributed by atoms with Gasteiger partial charge in [0.15, 0.2) is 17.3 Å². The van der Waals surface area contributed by atoms with E-state index >= 15 is 0 Å². The first-order valence-corrected chi connectivity index (χ1v) is 11.0. The number of benzene rings is 1. The van der Waals surface area contributed by atoms with E-state index in [1.807, 2.05) is 0 Å². The van der Waals surface area contributed by atoms with Gasteiger partial charge in [0.1, 0.15) is 11.4 Å². The molecule has 36 heavy (non-hydrogen) atoms. The third-order valence-electron chi connectivity index (χ3n) is 4.46. The normalized spacial score (nSPS) is 11.1. The fourth-order valence-electron chi connectivity index (χ4n) is 2.87. The number of carbonyl (C=O) groups excluding carboxylic acids is 3. The summed E-state index contributed by atoms with van der Waals surface area (Å²) in [6, 6.07) is 6.04. The monoisotopic (exact) mass is 520 g/mol. The van der Waals surface area contributed by atoms with Gasteiger partial charge in [-0.2, -0.15) is 5.10 Å². The highest BCUT2D eigenvalue weighted by molar-refractivity contribution is 6.34. The van der Waals surface area contributed by atoms with E-state index in [4.69, 9.17) is 16.3 Å². The Labute approximate surface area is 209 Å². The van der Waals surface area contributed by atoms with Crippen molar-refractivity contribution in [2.75, 3.05) is 5.32 Å². The molecule has 3 rings (SSSR count). The van der Waals surface area contributed by atoms with Crippen molar-refractivity contribution in [2.45, 2.75) is 39.5 Å². The summed E-state index contributed by atoms with van der Waals surface area (Å²) >= 11 is 5.80. The Morgan fingerprint density at radius 1 is 1.03 bits per heavy atom. The molecule has 0 aliphatic rings. The van der Waals surface area contributed by atoms with Gasteiger partial charge in [0.2, 0.25) is 0 Å². The lowest BCUT2D eigenvalue weighted by Crippen LogP contribution is -2.32. The number of amides is 3. The van der Waals surface area contributed by atoms with Crippen molar-refractivity contribution in [1.82, 2.24) is 25.8 Å². The van der Waals surface area contributed by atoms with Crippen LogP contribution in [-0.4, -0.2) is 38.7 Å². The van der Waals surface area contributed by atoms with E-state index < -0.39 is 35.1 Å². The number of hydrogen-bond donors (Lipinski definition) is 4. The lowest BCUT2D eigenvalue weighted by Gasteiger charge is -2.19. The van der Waals surface area contributed by atoms with Gasteiger partial charge in [0.05, 0.1) is 22.8 Å². The van der Waals surface area contributed by atoms with Gasteiger partial charge in [-0.05, 0) is 50.6 Å².